The van der Waals surface area contributed by atoms with E-state index in [1.165, 1.54) is 13.2 Å². The third kappa shape index (κ3) is 3.63. The van der Waals surface area contributed by atoms with Crippen LogP contribution in [0.3, 0.4) is 0 Å². The lowest BCUT2D eigenvalue weighted by atomic mass is 10.3. The Hall–Kier alpha value is -1.40. The number of rotatable bonds is 6. The normalized spacial score (nSPS) is 10.1. The van der Waals surface area contributed by atoms with Crippen molar-refractivity contribution >= 4 is 23.2 Å². The van der Waals surface area contributed by atoms with E-state index in [9.17, 15) is 14.9 Å². The van der Waals surface area contributed by atoms with E-state index >= 15 is 0 Å². The molecule has 1 aromatic rings. The number of hydrogen-bond acceptors (Lipinski definition) is 5. The third-order valence-corrected chi connectivity index (χ3v) is 2.88. The smallest absolute Gasteiger partial charge is 0.282 e. The highest BCUT2D eigenvalue weighted by Gasteiger charge is 2.13. The molecule has 0 N–H and O–H groups in total. The van der Waals surface area contributed by atoms with Crippen LogP contribution in [0.2, 0.25) is 0 Å². The van der Waals surface area contributed by atoms with Gasteiger partial charge in [0, 0.05) is 13.2 Å². The molecule has 0 spiro atoms. The molecule has 0 saturated carbocycles. The van der Waals surface area contributed by atoms with Gasteiger partial charge in [-0.05, 0) is 6.07 Å². The standard InChI is InChI=1S/C10H11NO4S/c1-15-6-8(12)7-16-10-5-3-2-4-9(10)11(13)14/h2-5H,6-7H2,1H3. The Balaban J connectivity index is 2.66. The molecular formula is C10H11NO4S. The van der Waals surface area contributed by atoms with Crippen molar-refractivity contribution in [2.24, 2.45) is 0 Å². The van der Waals surface area contributed by atoms with E-state index in [2.05, 4.69) is 4.74 Å². The minimum Gasteiger partial charge on any atom is -0.377 e. The monoisotopic (exact) mass is 241 g/mol. The molecule has 86 valence electrons. The quantitative estimate of drug-likeness (QED) is 0.432. The number of ether oxygens (including phenoxy) is 1. The van der Waals surface area contributed by atoms with E-state index in [1.807, 2.05) is 0 Å². The molecule has 1 aromatic carbocycles. The summed E-state index contributed by atoms with van der Waals surface area (Å²) in [6.45, 7) is 0.0353. The molecule has 0 fully saturated rings. The van der Waals surface area contributed by atoms with Gasteiger partial charge in [-0.3, -0.25) is 14.9 Å². The number of thioether (sulfide) groups is 1. The molecule has 0 amide bonds. The van der Waals surface area contributed by atoms with Crippen LogP contribution < -0.4 is 0 Å². The summed E-state index contributed by atoms with van der Waals surface area (Å²) < 4.78 is 4.67. The van der Waals surface area contributed by atoms with Gasteiger partial charge in [-0.25, -0.2) is 0 Å². The van der Waals surface area contributed by atoms with E-state index in [-0.39, 0.29) is 23.8 Å². The number of nitro groups is 1. The lowest BCUT2D eigenvalue weighted by Crippen LogP contribution is -2.09. The number of nitro benzene ring substituents is 1. The highest BCUT2D eigenvalue weighted by atomic mass is 32.2. The second-order valence-electron chi connectivity index (χ2n) is 2.99. The van der Waals surface area contributed by atoms with Gasteiger partial charge in [0.2, 0.25) is 0 Å². The Morgan fingerprint density at radius 1 is 1.50 bits per heavy atom. The van der Waals surface area contributed by atoms with Gasteiger partial charge in [0.25, 0.3) is 5.69 Å². The molecule has 0 unspecified atom stereocenters. The molecule has 0 aromatic heterocycles. The van der Waals surface area contributed by atoms with Crippen molar-refractivity contribution in [3.05, 3.63) is 34.4 Å². The molecule has 0 aliphatic carbocycles. The Morgan fingerprint density at radius 2 is 2.19 bits per heavy atom. The van der Waals surface area contributed by atoms with Crippen molar-refractivity contribution in [2.45, 2.75) is 4.90 Å². The highest BCUT2D eigenvalue weighted by molar-refractivity contribution is 8.00. The van der Waals surface area contributed by atoms with Gasteiger partial charge in [0.1, 0.15) is 6.61 Å². The van der Waals surface area contributed by atoms with Crippen molar-refractivity contribution in [1.29, 1.82) is 0 Å². The fraction of sp³-hybridized carbons (Fsp3) is 0.300. The molecule has 1 rings (SSSR count). The zero-order chi connectivity index (χ0) is 12.0. The fourth-order valence-electron chi connectivity index (χ4n) is 1.09. The first kappa shape index (κ1) is 12.7. The Morgan fingerprint density at radius 3 is 2.81 bits per heavy atom. The molecule has 0 saturated heterocycles. The van der Waals surface area contributed by atoms with Gasteiger partial charge in [0.15, 0.2) is 5.78 Å². The summed E-state index contributed by atoms with van der Waals surface area (Å²) in [5, 5.41) is 10.7. The van der Waals surface area contributed by atoms with E-state index in [0.717, 1.165) is 11.8 Å². The lowest BCUT2D eigenvalue weighted by molar-refractivity contribution is -0.387. The van der Waals surface area contributed by atoms with Crippen LogP contribution in [0.25, 0.3) is 0 Å². The number of benzene rings is 1. The molecule has 0 aliphatic heterocycles. The van der Waals surface area contributed by atoms with Crippen molar-refractivity contribution < 1.29 is 14.5 Å². The highest BCUT2D eigenvalue weighted by Crippen LogP contribution is 2.28. The number of ketones is 1. The second kappa shape index (κ2) is 6.24. The SMILES string of the molecule is COCC(=O)CSc1ccccc1[N+](=O)[O-]. The molecular weight excluding hydrogens is 230 g/mol. The summed E-state index contributed by atoms with van der Waals surface area (Å²) in [5.74, 6) is 0.0873. The first-order chi connectivity index (χ1) is 7.65. The molecule has 0 atom stereocenters. The van der Waals surface area contributed by atoms with Crippen LogP contribution in [0.4, 0.5) is 5.69 Å². The maximum absolute atomic E-state index is 11.2. The fourth-order valence-corrected chi connectivity index (χ4v) is 1.96. The van der Waals surface area contributed by atoms with Crippen molar-refractivity contribution in [3.63, 3.8) is 0 Å². The van der Waals surface area contributed by atoms with Crippen LogP contribution in [0.1, 0.15) is 0 Å². The number of hydrogen-bond donors (Lipinski definition) is 0. The largest absolute Gasteiger partial charge is 0.377 e. The van der Waals surface area contributed by atoms with Crippen LogP contribution in [-0.4, -0.2) is 30.2 Å². The van der Waals surface area contributed by atoms with Crippen molar-refractivity contribution in [3.8, 4) is 0 Å². The second-order valence-corrected chi connectivity index (χ2v) is 4.00. The summed E-state index contributed by atoms with van der Waals surface area (Å²) in [7, 11) is 1.44. The summed E-state index contributed by atoms with van der Waals surface area (Å²) in [4.78, 5) is 21.9. The minimum absolute atomic E-state index is 0.0257. The molecule has 5 nitrogen and oxygen atoms in total. The maximum atomic E-state index is 11.2. The average molecular weight is 241 g/mol. The average Bonchev–Trinajstić information content (AvgIpc) is 2.27. The summed E-state index contributed by atoms with van der Waals surface area (Å²) >= 11 is 1.15. The molecule has 0 aliphatic rings. The van der Waals surface area contributed by atoms with Crippen molar-refractivity contribution in [1.82, 2.24) is 0 Å². The maximum Gasteiger partial charge on any atom is 0.282 e. The molecule has 6 heteroatoms. The van der Waals surface area contributed by atoms with Gasteiger partial charge >= 0.3 is 0 Å². The summed E-state index contributed by atoms with van der Waals surface area (Å²) in [6.07, 6.45) is 0. The van der Waals surface area contributed by atoms with Crippen LogP contribution in [0.15, 0.2) is 29.2 Å². The van der Waals surface area contributed by atoms with Gasteiger partial charge < -0.3 is 4.74 Å². The van der Waals surface area contributed by atoms with Crippen LogP contribution in [0, 0.1) is 10.1 Å². The Bertz CT molecular complexity index is 394. The van der Waals surface area contributed by atoms with Gasteiger partial charge in [-0.15, -0.1) is 11.8 Å². The predicted molar refractivity (Wildman–Crippen MR) is 60.7 cm³/mol. The molecule has 16 heavy (non-hydrogen) atoms. The Kier molecular flexibility index (Phi) is 4.94. The first-order valence-electron chi connectivity index (χ1n) is 4.52. The zero-order valence-electron chi connectivity index (χ0n) is 8.71. The number of Topliss-reactive ketones (excluding diaryl/α,β-unsaturated/α-hetero) is 1. The van der Waals surface area contributed by atoms with Crippen molar-refractivity contribution in [2.75, 3.05) is 19.5 Å². The van der Waals surface area contributed by atoms with Gasteiger partial charge in [0.05, 0.1) is 15.6 Å². The van der Waals surface area contributed by atoms with E-state index in [4.69, 9.17) is 0 Å². The number of methoxy groups -OCH3 is 1. The summed E-state index contributed by atoms with van der Waals surface area (Å²) in [5.41, 5.74) is 0.0257. The van der Waals surface area contributed by atoms with Gasteiger partial charge in [-0.2, -0.15) is 0 Å². The van der Waals surface area contributed by atoms with E-state index < -0.39 is 4.92 Å². The number of carbonyl (C=O) groups is 1. The van der Waals surface area contributed by atoms with Crippen LogP contribution in [0.5, 0.6) is 0 Å². The molecule has 0 bridgehead atoms. The molecule has 0 heterocycles. The van der Waals surface area contributed by atoms with Crippen LogP contribution >= 0.6 is 11.8 Å². The Labute approximate surface area is 96.9 Å². The third-order valence-electron chi connectivity index (χ3n) is 1.76. The minimum atomic E-state index is -0.455. The topological polar surface area (TPSA) is 69.4 Å². The number of nitrogens with zero attached hydrogens (tertiary/aromatic N) is 1. The first-order valence-corrected chi connectivity index (χ1v) is 5.50. The lowest BCUT2D eigenvalue weighted by Gasteiger charge is -2.01. The van der Waals surface area contributed by atoms with E-state index in [0.29, 0.717) is 4.90 Å². The number of carbonyl (C=O) groups excluding carboxylic acids is 1. The van der Waals surface area contributed by atoms with Gasteiger partial charge in [-0.1, -0.05) is 12.1 Å². The predicted octanol–water partition coefficient (Wildman–Crippen LogP) is 1.90. The van der Waals surface area contributed by atoms with Crippen LogP contribution in [-0.2, 0) is 9.53 Å². The summed E-state index contributed by atoms with van der Waals surface area (Å²) in [6, 6.07) is 6.35. The number of para-hydroxylation sites is 1. The van der Waals surface area contributed by atoms with E-state index in [1.54, 1.807) is 18.2 Å². The molecule has 0 radical (unpaired) electrons. The zero-order valence-corrected chi connectivity index (χ0v) is 9.53.